The number of ether oxygens (including phenoxy) is 1. The van der Waals surface area contributed by atoms with Gasteiger partial charge in [0, 0.05) is 41.1 Å². The van der Waals surface area contributed by atoms with Crippen LogP contribution in [0.1, 0.15) is 36.7 Å². The number of benzene rings is 2. The number of β-amino-alcohol motifs (C(OH)–C–C–N with tert-alkyl or cyclic N) is 1. The van der Waals surface area contributed by atoms with E-state index < -0.39 is 12.1 Å². The van der Waals surface area contributed by atoms with Gasteiger partial charge in [-0.3, -0.25) is 9.88 Å². The number of hydrogen-bond acceptors (Lipinski definition) is 9. The van der Waals surface area contributed by atoms with Crippen LogP contribution in [0.15, 0.2) is 85.2 Å². The molecule has 4 heterocycles. The fraction of sp³-hybridized carbons (Fsp3) is 0.294. The van der Waals surface area contributed by atoms with Crippen molar-refractivity contribution in [3.8, 4) is 6.07 Å². The van der Waals surface area contributed by atoms with E-state index in [1.165, 1.54) is 6.20 Å². The van der Waals surface area contributed by atoms with Crippen LogP contribution in [0.3, 0.4) is 0 Å². The number of aromatic nitrogens is 4. The van der Waals surface area contributed by atoms with E-state index in [1.807, 2.05) is 55.6 Å². The lowest BCUT2D eigenvalue weighted by molar-refractivity contribution is -0.0947. The summed E-state index contributed by atoms with van der Waals surface area (Å²) in [6, 6.07) is 12.9. The predicted molar refractivity (Wildman–Crippen MR) is 182 cm³/mol. The lowest BCUT2D eigenvalue weighted by Crippen LogP contribution is -2.55. The summed E-state index contributed by atoms with van der Waals surface area (Å²) >= 11 is 13.0. The van der Waals surface area contributed by atoms with Gasteiger partial charge < -0.3 is 20.5 Å². The van der Waals surface area contributed by atoms with Crippen molar-refractivity contribution in [1.29, 1.82) is 5.26 Å². The largest absolute Gasteiger partial charge is 0.390 e. The summed E-state index contributed by atoms with van der Waals surface area (Å²) in [5.74, 6) is 0. The van der Waals surface area contributed by atoms with E-state index in [0.29, 0.717) is 69.4 Å². The highest BCUT2D eigenvalue weighted by atomic mass is 35.5. The summed E-state index contributed by atoms with van der Waals surface area (Å²) < 4.78 is 7.10. The Hall–Kier alpha value is -4.24. The maximum Gasteiger partial charge on any atom is 0.109 e. The second-order valence-electron chi connectivity index (χ2n) is 11.4. The van der Waals surface area contributed by atoms with Crippen LogP contribution in [0.4, 0.5) is 17.1 Å². The molecule has 2 aromatic carbocycles. The topological polar surface area (TPSA) is 124 Å². The average Bonchev–Trinajstić information content (AvgIpc) is 3.49. The molecule has 236 valence electrons. The molecule has 0 radical (unpaired) electrons. The number of pyridine rings is 1. The lowest BCUT2D eigenvalue weighted by Gasteiger charge is -2.43. The van der Waals surface area contributed by atoms with Gasteiger partial charge in [0.1, 0.15) is 11.8 Å². The van der Waals surface area contributed by atoms with Gasteiger partial charge in [-0.15, -0.1) is 5.10 Å². The monoisotopic (exact) mass is 656 g/mol. The van der Waals surface area contributed by atoms with Crippen molar-refractivity contribution < 1.29 is 9.84 Å². The van der Waals surface area contributed by atoms with E-state index in [9.17, 15) is 10.4 Å². The first-order valence-electron chi connectivity index (χ1n) is 15.1. The molecule has 10 nitrogen and oxygen atoms in total. The minimum Gasteiger partial charge on any atom is -0.390 e. The van der Waals surface area contributed by atoms with E-state index in [4.69, 9.17) is 27.9 Å². The normalized spacial score (nSPS) is 19.7. The van der Waals surface area contributed by atoms with Crippen LogP contribution in [0, 0.1) is 11.3 Å². The standard InChI is InChI=1S/C34H34Cl2N8O2/c1-3-4-5-7-21(2)32(29-17-44(42-41-29)30-10-11-43(18-31(30)45)26-19-46-20-26)40-25-13-27-33(39-24-9-6-8-23(35)12-24)22(15-37)16-38-34(27)28(36)14-25/h3-9,12-14,16-17,26,30-32,40,45H,2,10-11,18-20H2,1H3,(H,38,39)/b4-3-,7-5-/t30?,31-,32+/m1/s1. The molecule has 46 heavy (non-hydrogen) atoms. The Morgan fingerprint density at radius 1 is 1.22 bits per heavy atom. The van der Waals surface area contributed by atoms with Gasteiger partial charge in [0.2, 0.25) is 0 Å². The molecule has 4 aromatic rings. The number of hydrogen-bond donors (Lipinski definition) is 3. The molecule has 0 saturated carbocycles. The third-order valence-corrected chi connectivity index (χ3v) is 8.84. The predicted octanol–water partition coefficient (Wildman–Crippen LogP) is 6.60. The molecule has 3 N–H and O–H groups in total. The molecule has 2 aliphatic heterocycles. The van der Waals surface area contributed by atoms with E-state index in [1.54, 1.807) is 22.9 Å². The highest BCUT2D eigenvalue weighted by Crippen LogP contribution is 2.37. The molecule has 2 aliphatic rings. The van der Waals surface area contributed by atoms with Crippen LogP contribution in [0.5, 0.6) is 0 Å². The number of nitrogens with zero attached hydrogens (tertiary/aromatic N) is 6. The molecule has 12 heteroatoms. The third kappa shape index (κ3) is 6.79. The summed E-state index contributed by atoms with van der Waals surface area (Å²) in [5.41, 5.74) is 4.21. The van der Waals surface area contributed by atoms with Gasteiger partial charge in [0.25, 0.3) is 0 Å². The van der Waals surface area contributed by atoms with E-state index in [-0.39, 0.29) is 6.04 Å². The molecular weight excluding hydrogens is 623 g/mol. The lowest BCUT2D eigenvalue weighted by atomic mass is 9.99. The van der Waals surface area contributed by atoms with Crippen molar-refractivity contribution in [1.82, 2.24) is 24.9 Å². The highest BCUT2D eigenvalue weighted by molar-refractivity contribution is 6.36. The first-order chi connectivity index (χ1) is 22.3. The zero-order valence-corrected chi connectivity index (χ0v) is 26.8. The Bertz CT molecular complexity index is 1840. The van der Waals surface area contributed by atoms with Gasteiger partial charge in [0.15, 0.2) is 0 Å². The highest BCUT2D eigenvalue weighted by Gasteiger charge is 2.36. The Morgan fingerprint density at radius 3 is 2.78 bits per heavy atom. The molecule has 1 unspecified atom stereocenters. The van der Waals surface area contributed by atoms with E-state index in [2.05, 4.69) is 43.5 Å². The molecule has 2 aromatic heterocycles. The average molecular weight is 658 g/mol. The zero-order chi connectivity index (χ0) is 32.2. The molecule has 0 spiro atoms. The molecule has 0 amide bonds. The minimum atomic E-state index is -0.584. The molecule has 0 bridgehead atoms. The summed E-state index contributed by atoms with van der Waals surface area (Å²) in [6.45, 7) is 9.12. The number of aliphatic hydroxyl groups excluding tert-OH is 1. The van der Waals surface area contributed by atoms with Crippen molar-refractivity contribution in [2.75, 3.05) is 36.9 Å². The van der Waals surface area contributed by atoms with Crippen LogP contribution in [-0.4, -0.2) is 68.4 Å². The van der Waals surface area contributed by atoms with Crippen molar-refractivity contribution in [2.24, 2.45) is 0 Å². The zero-order valence-electron chi connectivity index (χ0n) is 25.3. The van der Waals surface area contributed by atoms with Crippen molar-refractivity contribution in [3.63, 3.8) is 0 Å². The first kappa shape index (κ1) is 31.7. The minimum absolute atomic E-state index is 0.198. The Balaban J connectivity index is 1.33. The number of fused-ring (bicyclic) bond motifs is 1. The Morgan fingerprint density at radius 2 is 2.07 bits per heavy atom. The SMILES string of the molecule is C=C(/C=C\C=C/C)[C@H](Nc1cc(Cl)c2ncc(C#N)c(Nc3cccc(Cl)c3)c2c1)c1cn(C2CCN(C3COC3)C[C@H]2O)nn1. The number of aliphatic hydroxyl groups is 1. The smallest absolute Gasteiger partial charge is 0.109 e. The molecule has 0 aliphatic carbocycles. The van der Waals surface area contributed by atoms with Gasteiger partial charge >= 0.3 is 0 Å². The second-order valence-corrected chi connectivity index (χ2v) is 12.3. The van der Waals surface area contributed by atoms with Crippen molar-refractivity contribution in [3.05, 3.63) is 107 Å². The first-order valence-corrected chi connectivity index (χ1v) is 15.8. The fourth-order valence-electron chi connectivity index (χ4n) is 5.79. The number of likely N-dealkylation sites (tertiary alicyclic amines) is 1. The van der Waals surface area contributed by atoms with Crippen LogP contribution < -0.4 is 10.6 Å². The number of halogens is 2. The summed E-state index contributed by atoms with van der Waals surface area (Å²) in [4.78, 5) is 6.76. The van der Waals surface area contributed by atoms with Crippen molar-refractivity contribution in [2.45, 2.75) is 37.6 Å². The number of anilines is 3. The third-order valence-electron chi connectivity index (χ3n) is 8.31. The summed E-state index contributed by atoms with van der Waals surface area (Å²) in [7, 11) is 0. The number of rotatable bonds is 10. The number of allylic oxidation sites excluding steroid dienone is 3. The van der Waals surface area contributed by atoms with Gasteiger partial charge in [-0.25, -0.2) is 4.68 Å². The van der Waals surface area contributed by atoms with Crippen LogP contribution >= 0.6 is 23.2 Å². The molecular formula is C34H34Cl2N8O2. The Kier molecular flexibility index (Phi) is 9.68. The second kappa shape index (κ2) is 14.0. The summed E-state index contributed by atoms with van der Waals surface area (Å²) in [5, 5.41) is 38.4. The molecule has 6 rings (SSSR count). The van der Waals surface area contributed by atoms with Crippen molar-refractivity contribution >= 4 is 51.2 Å². The maximum absolute atomic E-state index is 11.0. The summed E-state index contributed by atoms with van der Waals surface area (Å²) in [6.07, 6.45) is 11.2. The molecule has 2 fully saturated rings. The van der Waals surface area contributed by atoms with Crippen LogP contribution in [0.2, 0.25) is 10.0 Å². The van der Waals surface area contributed by atoms with Gasteiger partial charge in [0.05, 0.1) is 65.4 Å². The quantitative estimate of drug-likeness (QED) is 0.162. The van der Waals surface area contributed by atoms with Gasteiger partial charge in [-0.1, -0.05) is 65.4 Å². The van der Waals surface area contributed by atoms with Crippen LogP contribution in [0.25, 0.3) is 10.9 Å². The van der Waals surface area contributed by atoms with Gasteiger partial charge in [-0.2, -0.15) is 5.26 Å². The van der Waals surface area contributed by atoms with E-state index in [0.717, 1.165) is 24.2 Å². The number of nitrogens with one attached hydrogen (secondary N) is 2. The van der Waals surface area contributed by atoms with Crippen LogP contribution in [-0.2, 0) is 4.74 Å². The fourth-order valence-corrected chi connectivity index (χ4v) is 6.24. The molecule has 3 atom stereocenters. The molecule has 2 saturated heterocycles. The Labute approximate surface area is 277 Å². The number of nitriles is 1. The number of piperidine rings is 1. The maximum atomic E-state index is 11.0. The van der Waals surface area contributed by atoms with Gasteiger partial charge in [-0.05, 0) is 49.2 Å². The van der Waals surface area contributed by atoms with E-state index >= 15 is 0 Å².